The van der Waals surface area contributed by atoms with Crippen molar-refractivity contribution in [2.24, 2.45) is 17.6 Å². The van der Waals surface area contributed by atoms with Crippen molar-refractivity contribution in [3.05, 3.63) is 130 Å². The third-order valence-corrected chi connectivity index (χ3v) is 8.05. The maximum absolute atomic E-state index is 13.8. The number of hydrogen-bond acceptors (Lipinski definition) is 4. The summed E-state index contributed by atoms with van der Waals surface area (Å²) in [7, 11) is 0. The summed E-state index contributed by atoms with van der Waals surface area (Å²) >= 11 is 6.83. The topological polar surface area (TPSA) is 61.5 Å². The van der Waals surface area contributed by atoms with Crippen molar-refractivity contribution in [3.63, 3.8) is 0 Å². The first-order chi connectivity index (χ1) is 18.8. The Balaban J connectivity index is 1.50. The molecule has 202 valence electrons. The molecule has 2 N–H and O–H groups in total. The van der Waals surface area contributed by atoms with Crippen molar-refractivity contribution in [3.8, 4) is 0 Å². The van der Waals surface area contributed by atoms with E-state index in [2.05, 4.69) is 50.3 Å². The Morgan fingerprint density at radius 2 is 1.67 bits per heavy atom. The highest BCUT2D eigenvalue weighted by atomic mass is 35.5. The smallest absolute Gasteiger partial charge is 0.308 e. The summed E-state index contributed by atoms with van der Waals surface area (Å²) in [6.45, 7) is 5.19. The molecule has 39 heavy (non-hydrogen) atoms. The molecule has 0 bridgehead atoms. The molecule has 5 heteroatoms. The van der Waals surface area contributed by atoms with Crippen LogP contribution in [0.2, 0.25) is 5.02 Å². The van der Waals surface area contributed by atoms with Crippen LogP contribution < -0.4 is 5.73 Å². The second-order valence-corrected chi connectivity index (χ2v) is 11.5. The molecule has 4 atom stereocenters. The lowest BCUT2D eigenvalue weighted by Gasteiger charge is -2.41. The molecule has 0 spiro atoms. The number of hydrogen-bond donors (Lipinski definition) is 1. The number of benzene rings is 3. The summed E-state index contributed by atoms with van der Waals surface area (Å²) in [5, 5.41) is 0.527. The molecule has 0 radical (unpaired) electrons. The maximum atomic E-state index is 13.8. The first kappa shape index (κ1) is 27.4. The molecular weight excluding hydrogens is 506 g/mol. The fourth-order valence-electron chi connectivity index (χ4n) is 5.31. The Morgan fingerprint density at radius 3 is 2.26 bits per heavy atom. The molecular formula is C34H36ClNO3. The van der Waals surface area contributed by atoms with Crippen LogP contribution in [0.4, 0.5) is 0 Å². The van der Waals surface area contributed by atoms with Crippen molar-refractivity contribution in [2.45, 2.75) is 43.7 Å². The van der Waals surface area contributed by atoms with Crippen LogP contribution in [0.1, 0.15) is 54.9 Å². The Kier molecular flexibility index (Phi) is 8.08. The van der Waals surface area contributed by atoms with E-state index in [-0.39, 0.29) is 18.3 Å². The first-order valence-corrected chi connectivity index (χ1v) is 14.0. The number of ether oxygens (including phenoxy) is 2. The van der Waals surface area contributed by atoms with Crippen LogP contribution in [0.15, 0.2) is 103 Å². The summed E-state index contributed by atoms with van der Waals surface area (Å²) < 4.78 is 12.4. The molecule has 0 fully saturated rings. The van der Waals surface area contributed by atoms with Crippen molar-refractivity contribution in [2.75, 3.05) is 13.2 Å². The van der Waals surface area contributed by atoms with Crippen molar-refractivity contribution >= 4 is 17.6 Å². The normalized spacial score (nSPS) is 23.1. The van der Waals surface area contributed by atoms with Gasteiger partial charge in [0.15, 0.2) is 5.60 Å². The minimum Gasteiger partial charge on any atom is -0.444 e. The molecule has 0 heterocycles. The number of carbonyl (C=O) groups excluding carboxylic acids is 1. The molecule has 2 aliphatic rings. The lowest BCUT2D eigenvalue weighted by Crippen LogP contribution is -2.55. The summed E-state index contributed by atoms with van der Waals surface area (Å²) in [6, 6.07) is 25.8. The minimum absolute atomic E-state index is 0.141. The summed E-state index contributed by atoms with van der Waals surface area (Å²) in [4.78, 5) is 13.8. The number of halogens is 1. The molecule has 0 aliphatic heterocycles. The van der Waals surface area contributed by atoms with Crippen molar-refractivity contribution < 1.29 is 14.3 Å². The lowest BCUT2D eigenvalue weighted by molar-refractivity contribution is -0.155. The van der Waals surface area contributed by atoms with Gasteiger partial charge in [-0.2, -0.15) is 0 Å². The van der Waals surface area contributed by atoms with Gasteiger partial charge in [-0.15, -0.1) is 0 Å². The first-order valence-electron chi connectivity index (χ1n) is 13.7. The van der Waals surface area contributed by atoms with E-state index in [0.29, 0.717) is 35.6 Å². The third-order valence-electron chi connectivity index (χ3n) is 7.72. The predicted molar refractivity (Wildman–Crippen MR) is 157 cm³/mol. The molecule has 2 unspecified atom stereocenters. The largest absolute Gasteiger partial charge is 0.444 e. The predicted octanol–water partition coefficient (Wildman–Crippen LogP) is 7.16. The van der Waals surface area contributed by atoms with Gasteiger partial charge in [-0.1, -0.05) is 123 Å². The molecule has 0 saturated heterocycles. The van der Waals surface area contributed by atoms with E-state index >= 15 is 0 Å². The monoisotopic (exact) mass is 541 g/mol. The Bertz CT molecular complexity index is 1350. The van der Waals surface area contributed by atoms with Crippen LogP contribution in [0.5, 0.6) is 0 Å². The van der Waals surface area contributed by atoms with E-state index < -0.39 is 11.1 Å². The standard InChI is InChI=1S/C34H36ClNO3/c1-24(2)22-38-23-33(36)20-19-29(33)21-32(37)39-34(27-11-4-3-5-12-27,30-13-6-7-14-31(30)35)28-17-15-26(16-18-28)25-9-8-10-25/h3-9,11-20,24-25,29H,10,21-23,36H2,1-2H3/t25-,29?,33-,34?/m0/s1. The summed E-state index contributed by atoms with van der Waals surface area (Å²) in [5.41, 5.74) is 8.31. The molecule has 0 saturated carbocycles. The van der Waals surface area contributed by atoms with E-state index in [1.807, 2.05) is 66.7 Å². The number of allylic oxidation sites excluding steroid dienone is 2. The van der Waals surface area contributed by atoms with E-state index in [4.69, 9.17) is 26.8 Å². The van der Waals surface area contributed by atoms with Crippen molar-refractivity contribution in [1.82, 2.24) is 0 Å². The van der Waals surface area contributed by atoms with E-state index in [1.54, 1.807) is 0 Å². The van der Waals surface area contributed by atoms with Crippen LogP contribution in [-0.2, 0) is 19.9 Å². The number of esters is 1. The second kappa shape index (κ2) is 11.5. The van der Waals surface area contributed by atoms with Crippen LogP contribution in [0.3, 0.4) is 0 Å². The van der Waals surface area contributed by atoms with Gasteiger partial charge in [0.1, 0.15) is 0 Å². The quantitative estimate of drug-likeness (QED) is 0.159. The minimum atomic E-state index is -1.23. The van der Waals surface area contributed by atoms with Gasteiger partial charge in [0.25, 0.3) is 0 Å². The zero-order chi connectivity index (χ0) is 27.5. The highest BCUT2D eigenvalue weighted by molar-refractivity contribution is 6.31. The number of carbonyl (C=O) groups is 1. The van der Waals surface area contributed by atoms with Crippen LogP contribution in [0, 0.1) is 11.8 Å². The van der Waals surface area contributed by atoms with Gasteiger partial charge in [0.05, 0.1) is 18.6 Å². The fraction of sp³-hybridized carbons (Fsp3) is 0.324. The van der Waals surface area contributed by atoms with Crippen LogP contribution >= 0.6 is 11.6 Å². The second-order valence-electron chi connectivity index (χ2n) is 11.1. The van der Waals surface area contributed by atoms with Crippen LogP contribution in [0.25, 0.3) is 0 Å². The van der Waals surface area contributed by atoms with Gasteiger partial charge in [-0.05, 0) is 24.0 Å². The fourth-order valence-corrected chi connectivity index (χ4v) is 5.58. The Labute approximate surface area is 236 Å². The number of rotatable bonds is 11. The highest BCUT2D eigenvalue weighted by Crippen LogP contribution is 2.45. The highest BCUT2D eigenvalue weighted by Gasteiger charge is 2.45. The Hall–Kier alpha value is -3.18. The Morgan fingerprint density at radius 1 is 1.00 bits per heavy atom. The lowest BCUT2D eigenvalue weighted by atomic mass is 9.73. The third kappa shape index (κ3) is 5.60. The van der Waals surface area contributed by atoms with E-state index in [9.17, 15) is 4.79 Å². The van der Waals surface area contributed by atoms with Gasteiger partial charge in [-0.3, -0.25) is 4.79 Å². The zero-order valence-corrected chi connectivity index (χ0v) is 23.3. The number of nitrogens with two attached hydrogens (primary N) is 1. The maximum Gasteiger partial charge on any atom is 0.308 e. The van der Waals surface area contributed by atoms with Gasteiger partial charge in [0, 0.05) is 40.2 Å². The van der Waals surface area contributed by atoms with Gasteiger partial charge in [-0.25, -0.2) is 0 Å². The molecule has 4 nitrogen and oxygen atoms in total. The average Bonchev–Trinajstić information content (AvgIpc) is 2.90. The van der Waals surface area contributed by atoms with Gasteiger partial charge in [0.2, 0.25) is 0 Å². The molecule has 3 aromatic rings. The van der Waals surface area contributed by atoms with Gasteiger partial charge < -0.3 is 15.2 Å². The summed E-state index contributed by atoms with van der Waals surface area (Å²) in [5.74, 6) is 0.311. The average molecular weight is 542 g/mol. The molecule has 0 amide bonds. The van der Waals surface area contributed by atoms with E-state index in [0.717, 1.165) is 17.5 Å². The van der Waals surface area contributed by atoms with Crippen molar-refractivity contribution in [1.29, 1.82) is 0 Å². The van der Waals surface area contributed by atoms with E-state index in [1.165, 1.54) is 5.56 Å². The molecule has 0 aromatic heterocycles. The molecule has 3 aromatic carbocycles. The molecule has 5 rings (SSSR count). The summed E-state index contributed by atoms with van der Waals surface area (Å²) in [6.07, 6.45) is 9.47. The molecule has 2 aliphatic carbocycles. The van der Waals surface area contributed by atoms with Crippen LogP contribution in [-0.4, -0.2) is 24.7 Å². The van der Waals surface area contributed by atoms with Gasteiger partial charge >= 0.3 is 5.97 Å². The SMILES string of the molecule is CC(C)COC[C@@]1(N)C=CC1CC(=O)OC(c1ccccc1)(c1ccc([C@H]2C=CC2)cc1)c1ccccc1Cl. The zero-order valence-electron chi connectivity index (χ0n) is 22.6.